The summed E-state index contributed by atoms with van der Waals surface area (Å²) in [5.74, 6) is 0.573. The van der Waals surface area contributed by atoms with E-state index in [2.05, 4.69) is 15.2 Å². The molecule has 4 rings (SSSR count). The zero-order valence-corrected chi connectivity index (χ0v) is 18.2. The lowest BCUT2D eigenvalue weighted by Crippen LogP contribution is -2.42. The molecule has 4 heterocycles. The summed E-state index contributed by atoms with van der Waals surface area (Å²) in [6, 6.07) is 3.80. The topological polar surface area (TPSA) is 133 Å². The number of carbonyl (C=O) groups excluding carboxylic acids is 2. The van der Waals surface area contributed by atoms with Gasteiger partial charge in [-0.15, -0.1) is 21.5 Å². The van der Waals surface area contributed by atoms with Gasteiger partial charge in [0, 0.05) is 37.1 Å². The van der Waals surface area contributed by atoms with Gasteiger partial charge in [0.05, 0.1) is 16.3 Å². The number of nitrogens with zero attached hydrogens (tertiary/aromatic N) is 5. The van der Waals surface area contributed by atoms with E-state index in [0.29, 0.717) is 49.1 Å². The van der Waals surface area contributed by atoms with Gasteiger partial charge >= 0.3 is 0 Å². The minimum atomic E-state index is -0.282. The molecule has 11 heteroatoms. The molecule has 3 aromatic rings. The van der Waals surface area contributed by atoms with E-state index in [4.69, 9.17) is 11.5 Å². The summed E-state index contributed by atoms with van der Waals surface area (Å²) in [6.07, 6.45) is 2.99. The third-order valence-corrected chi connectivity index (χ3v) is 7.39. The predicted octanol–water partition coefficient (Wildman–Crippen LogP) is 1.97. The average molecular weight is 446 g/mol. The van der Waals surface area contributed by atoms with Crippen LogP contribution in [-0.2, 0) is 16.1 Å². The van der Waals surface area contributed by atoms with Crippen LogP contribution in [0.25, 0.3) is 20.9 Å². The second-order valence-electron chi connectivity index (χ2n) is 7.10. The second kappa shape index (κ2) is 8.60. The molecule has 158 valence electrons. The van der Waals surface area contributed by atoms with E-state index in [1.807, 2.05) is 23.6 Å². The van der Waals surface area contributed by atoms with Crippen molar-refractivity contribution >= 4 is 50.8 Å². The number of nitrogens with two attached hydrogens (primary N) is 2. The van der Waals surface area contributed by atoms with E-state index in [1.165, 1.54) is 23.1 Å². The van der Waals surface area contributed by atoms with Gasteiger partial charge < -0.3 is 20.9 Å². The van der Waals surface area contributed by atoms with Crippen molar-refractivity contribution in [3.05, 3.63) is 18.3 Å². The molecular weight excluding hydrogens is 422 g/mol. The molecule has 0 aromatic carbocycles. The number of amides is 2. The van der Waals surface area contributed by atoms with E-state index in [-0.39, 0.29) is 23.5 Å². The molecule has 0 bridgehead atoms. The SMILES string of the molecule is CCn1c(SCC(=O)N2CCC(C(N)=O)CC2)nnc1-c1sc2ncccc2c1N. The van der Waals surface area contributed by atoms with Crippen LogP contribution in [0.3, 0.4) is 0 Å². The smallest absolute Gasteiger partial charge is 0.233 e. The maximum atomic E-state index is 12.6. The van der Waals surface area contributed by atoms with Crippen molar-refractivity contribution in [2.45, 2.75) is 31.5 Å². The Morgan fingerprint density at radius 1 is 1.30 bits per heavy atom. The highest BCUT2D eigenvalue weighted by atomic mass is 32.2. The Morgan fingerprint density at radius 2 is 2.07 bits per heavy atom. The van der Waals surface area contributed by atoms with E-state index >= 15 is 0 Å². The number of rotatable bonds is 6. The molecule has 0 radical (unpaired) electrons. The number of carbonyl (C=O) groups is 2. The molecule has 2 amide bonds. The number of likely N-dealkylation sites (tertiary alicyclic amines) is 1. The van der Waals surface area contributed by atoms with Gasteiger partial charge in [-0.05, 0) is 31.9 Å². The molecule has 30 heavy (non-hydrogen) atoms. The van der Waals surface area contributed by atoms with Crippen molar-refractivity contribution in [2.24, 2.45) is 11.7 Å². The number of fused-ring (bicyclic) bond motifs is 1. The van der Waals surface area contributed by atoms with Gasteiger partial charge in [0.1, 0.15) is 4.83 Å². The first-order valence-electron chi connectivity index (χ1n) is 9.76. The Kier molecular flexibility index (Phi) is 5.91. The van der Waals surface area contributed by atoms with Crippen molar-refractivity contribution < 1.29 is 9.59 Å². The van der Waals surface area contributed by atoms with Gasteiger partial charge in [0.25, 0.3) is 0 Å². The van der Waals surface area contributed by atoms with Crippen LogP contribution in [-0.4, -0.2) is 55.3 Å². The van der Waals surface area contributed by atoms with Crippen LogP contribution in [0.5, 0.6) is 0 Å². The van der Waals surface area contributed by atoms with Crippen LogP contribution in [0.2, 0.25) is 0 Å². The van der Waals surface area contributed by atoms with Crippen LogP contribution in [0.1, 0.15) is 19.8 Å². The fourth-order valence-electron chi connectivity index (χ4n) is 3.60. The Morgan fingerprint density at radius 3 is 2.73 bits per heavy atom. The molecule has 0 atom stereocenters. The second-order valence-corrected chi connectivity index (χ2v) is 9.04. The third-order valence-electron chi connectivity index (χ3n) is 5.32. The fourth-order valence-corrected chi connectivity index (χ4v) is 5.56. The minimum absolute atomic E-state index is 0.0284. The number of thioether (sulfide) groups is 1. The van der Waals surface area contributed by atoms with Crippen molar-refractivity contribution in [2.75, 3.05) is 24.6 Å². The van der Waals surface area contributed by atoms with Crippen molar-refractivity contribution in [3.63, 3.8) is 0 Å². The highest BCUT2D eigenvalue weighted by molar-refractivity contribution is 7.99. The molecular formula is C19H23N7O2S2. The fraction of sp³-hybridized carbons (Fsp3) is 0.421. The number of hydrogen-bond donors (Lipinski definition) is 2. The quantitative estimate of drug-likeness (QED) is 0.554. The van der Waals surface area contributed by atoms with Crippen LogP contribution in [0.15, 0.2) is 23.5 Å². The normalized spacial score (nSPS) is 15.0. The standard InChI is InChI=1S/C19H23N7O2S2/c1-2-26-17(15-14(20)12-4-3-7-22-18(12)30-15)23-24-19(26)29-10-13(27)25-8-5-11(6-9-25)16(21)28/h3-4,7,11H,2,5-6,8-10,20H2,1H3,(H2,21,28). The Hall–Kier alpha value is -2.66. The van der Waals surface area contributed by atoms with Crippen LogP contribution in [0.4, 0.5) is 5.69 Å². The molecule has 1 aliphatic heterocycles. The summed E-state index contributed by atoms with van der Waals surface area (Å²) in [5, 5.41) is 10.2. The molecule has 0 unspecified atom stereocenters. The van der Waals surface area contributed by atoms with Crippen LogP contribution < -0.4 is 11.5 Å². The summed E-state index contributed by atoms with van der Waals surface area (Å²) < 4.78 is 1.97. The summed E-state index contributed by atoms with van der Waals surface area (Å²) in [7, 11) is 0. The summed E-state index contributed by atoms with van der Waals surface area (Å²) in [4.78, 5) is 31.8. The van der Waals surface area contributed by atoms with E-state index in [9.17, 15) is 9.59 Å². The molecule has 0 aliphatic carbocycles. The number of pyridine rings is 1. The zero-order valence-electron chi connectivity index (χ0n) is 16.6. The summed E-state index contributed by atoms with van der Waals surface area (Å²) in [6.45, 7) is 3.78. The Balaban J connectivity index is 1.47. The van der Waals surface area contributed by atoms with Gasteiger partial charge in [0.2, 0.25) is 11.8 Å². The number of anilines is 1. The van der Waals surface area contributed by atoms with Crippen molar-refractivity contribution in [1.29, 1.82) is 0 Å². The summed E-state index contributed by atoms with van der Waals surface area (Å²) >= 11 is 2.85. The van der Waals surface area contributed by atoms with E-state index < -0.39 is 0 Å². The molecule has 3 aromatic heterocycles. The highest BCUT2D eigenvalue weighted by Crippen LogP contribution is 2.39. The van der Waals surface area contributed by atoms with Crippen LogP contribution in [0, 0.1) is 5.92 Å². The predicted molar refractivity (Wildman–Crippen MR) is 118 cm³/mol. The number of primary amides is 1. The Labute approximate surface area is 181 Å². The number of thiophene rings is 1. The molecule has 4 N–H and O–H groups in total. The molecule has 1 saturated heterocycles. The van der Waals surface area contributed by atoms with Crippen molar-refractivity contribution in [1.82, 2.24) is 24.6 Å². The molecule has 0 saturated carbocycles. The lowest BCUT2D eigenvalue weighted by Gasteiger charge is -2.30. The van der Waals surface area contributed by atoms with E-state index in [0.717, 1.165) is 15.1 Å². The van der Waals surface area contributed by atoms with Gasteiger partial charge in [-0.2, -0.15) is 0 Å². The molecule has 1 fully saturated rings. The van der Waals surface area contributed by atoms with Gasteiger partial charge in [-0.1, -0.05) is 11.8 Å². The van der Waals surface area contributed by atoms with Crippen LogP contribution >= 0.6 is 23.1 Å². The molecule has 1 aliphatic rings. The number of aromatic nitrogens is 4. The molecule has 0 spiro atoms. The Bertz CT molecular complexity index is 1090. The van der Waals surface area contributed by atoms with Gasteiger partial charge in [0.15, 0.2) is 11.0 Å². The summed E-state index contributed by atoms with van der Waals surface area (Å²) in [5.41, 5.74) is 12.4. The third kappa shape index (κ3) is 3.86. The lowest BCUT2D eigenvalue weighted by atomic mass is 9.96. The zero-order chi connectivity index (χ0) is 21.3. The molecule has 9 nitrogen and oxygen atoms in total. The van der Waals surface area contributed by atoms with Crippen molar-refractivity contribution in [3.8, 4) is 10.7 Å². The largest absolute Gasteiger partial charge is 0.397 e. The minimum Gasteiger partial charge on any atom is -0.397 e. The number of piperidine rings is 1. The van der Waals surface area contributed by atoms with Gasteiger partial charge in [-0.3, -0.25) is 9.59 Å². The monoisotopic (exact) mass is 445 g/mol. The highest BCUT2D eigenvalue weighted by Gasteiger charge is 2.26. The first kappa shape index (κ1) is 20.6. The first-order chi connectivity index (χ1) is 14.5. The van der Waals surface area contributed by atoms with Gasteiger partial charge in [-0.25, -0.2) is 4.98 Å². The average Bonchev–Trinajstić information content (AvgIpc) is 3.32. The lowest BCUT2D eigenvalue weighted by molar-refractivity contribution is -0.132. The maximum absolute atomic E-state index is 12.6. The first-order valence-corrected chi connectivity index (χ1v) is 11.6. The maximum Gasteiger partial charge on any atom is 0.233 e. The van der Waals surface area contributed by atoms with E-state index in [1.54, 1.807) is 11.1 Å². The number of hydrogen-bond acceptors (Lipinski definition) is 8. The number of nitrogen functional groups attached to an aromatic ring is 1.